The standard InChI is InChI=1S/C15H16O11/c16-3-7-9(18)11(20)13(22)15(26-7)24-4-1-5(17)8-6(2-4)25-14(23)12(21)10(8)19/h1-2,7,9,11,13,15-22H,3H2. The van der Waals surface area contributed by atoms with Crippen molar-refractivity contribution >= 4 is 11.0 Å². The summed E-state index contributed by atoms with van der Waals surface area (Å²) in [7, 11) is 0. The van der Waals surface area contributed by atoms with E-state index in [-0.39, 0.29) is 16.7 Å². The average Bonchev–Trinajstić information content (AvgIpc) is 2.59. The second kappa shape index (κ2) is 6.63. The number of benzene rings is 1. The molecule has 3 rings (SSSR count). The van der Waals surface area contributed by atoms with Crippen LogP contribution in [0.2, 0.25) is 0 Å². The highest BCUT2D eigenvalue weighted by Crippen LogP contribution is 2.39. The molecule has 0 spiro atoms. The molecule has 5 atom stereocenters. The number of phenolic OH excluding ortho intramolecular Hbond substituents is 1. The number of hydrogen-bond donors (Lipinski definition) is 7. The quantitative estimate of drug-likeness (QED) is 0.297. The van der Waals surface area contributed by atoms with E-state index in [9.17, 15) is 35.4 Å². The number of rotatable bonds is 3. The molecule has 1 aliphatic heterocycles. The van der Waals surface area contributed by atoms with Gasteiger partial charge in [-0.05, 0) is 0 Å². The molecule has 1 aliphatic rings. The highest BCUT2D eigenvalue weighted by atomic mass is 16.7. The summed E-state index contributed by atoms with van der Waals surface area (Å²) in [4.78, 5) is 11.4. The number of aliphatic hydroxyl groups is 4. The zero-order valence-corrected chi connectivity index (χ0v) is 13.0. The zero-order valence-electron chi connectivity index (χ0n) is 13.0. The molecule has 5 unspecified atom stereocenters. The molecule has 26 heavy (non-hydrogen) atoms. The van der Waals surface area contributed by atoms with Crippen LogP contribution in [0.15, 0.2) is 21.3 Å². The summed E-state index contributed by atoms with van der Waals surface area (Å²) < 4.78 is 15.2. The van der Waals surface area contributed by atoms with E-state index in [1.165, 1.54) is 0 Å². The van der Waals surface area contributed by atoms with Crippen LogP contribution in [0.5, 0.6) is 23.0 Å². The summed E-state index contributed by atoms with van der Waals surface area (Å²) in [5.41, 5.74) is -1.58. The van der Waals surface area contributed by atoms with Gasteiger partial charge in [0.1, 0.15) is 46.9 Å². The van der Waals surface area contributed by atoms with Gasteiger partial charge in [0, 0.05) is 12.1 Å². The second-order valence-corrected chi connectivity index (χ2v) is 5.72. The normalized spacial score (nSPS) is 29.0. The maximum atomic E-state index is 11.4. The van der Waals surface area contributed by atoms with Crippen molar-refractivity contribution in [1.29, 1.82) is 0 Å². The van der Waals surface area contributed by atoms with E-state index in [1.807, 2.05) is 0 Å². The molecule has 1 aromatic heterocycles. The van der Waals surface area contributed by atoms with Crippen LogP contribution in [0.25, 0.3) is 11.0 Å². The molecule has 1 aromatic carbocycles. The van der Waals surface area contributed by atoms with E-state index in [1.54, 1.807) is 0 Å². The molecular formula is C15H16O11. The van der Waals surface area contributed by atoms with Gasteiger partial charge in [-0.25, -0.2) is 4.79 Å². The smallest absolute Gasteiger partial charge is 0.382 e. The molecule has 7 N–H and O–H groups in total. The Labute approximate surface area is 144 Å². The fraction of sp³-hybridized carbons (Fsp3) is 0.400. The van der Waals surface area contributed by atoms with Gasteiger partial charge in [-0.1, -0.05) is 0 Å². The summed E-state index contributed by atoms with van der Waals surface area (Å²) in [6.07, 6.45) is -7.66. The molecule has 0 radical (unpaired) electrons. The van der Waals surface area contributed by atoms with Crippen LogP contribution in [-0.2, 0) is 4.74 Å². The van der Waals surface area contributed by atoms with Crippen molar-refractivity contribution in [1.82, 2.24) is 0 Å². The minimum absolute atomic E-state index is 0.187. The van der Waals surface area contributed by atoms with Crippen LogP contribution < -0.4 is 10.4 Å². The monoisotopic (exact) mass is 372 g/mol. The van der Waals surface area contributed by atoms with Gasteiger partial charge in [0.15, 0.2) is 5.75 Å². The van der Waals surface area contributed by atoms with Crippen molar-refractivity contribution in [3.05, 3.63) is 22.6 Å². The van der Waals surface area contributed by atoms with Crippen LogP contribution in [0.1, 0.15) is 0 Å². The van der Waals surface area contributed by atoms with Crippen LogP contribution in [-0.4, -0.2) is 73.1 Å². The van der Waals surface area contributed by atoms with Crippen molar-refractivity contribution in [2.45, 2.75) is 30.7 Å². The van der Waals surface area contributed by atoms with E-state index < -0.39 is 60.2 Å². The van der Waals surface area contributed by atoms with Crippen molar-refractivity contribution in [3.63, 3.8) is 0 Å². The van der Waals surface area contributed by atoms with Gasteiger partial charge < -0.3 is 49.6 Å². The first-order valence-corrected chi connectivity index (χ1v) is 7.43. The van der Waals surface area contributed by atoms with E-state index in [2.05, 4.69) is 0 Å². The molecule has 0 bridgehead atoms. The molecule has 11 nitrogen and oxygen atoms in total. The van der Waals surface area contributed by atoms with Gasteiger partial charge in [0.2, 0.25) is 12.0 Å². The average molecular weight is 372 g/mol. The zero-order chi connectivity index (χ0) is 19.2. The molecule has 11 heteroatoms. The van der Waals surface area contributed by atoms with E-state index in [4.69, 9.17) is 19.0 Å². The van der Waals surface area contributed by atoms with Crippen LogP contribution in [0.3, 0.4) is 0 Å². The Morgan fingerprint density at radius 2 is 1.69 bits per heavy atom. The Hall–Kier alpha value is -2.57. The summed E-state index contributed by atoms with van der Waals surface area (Å²) in [5, 5.41) is 67.3. The number of ether oxygens (including phenoxy) is 2. The Balaban J connectivity index is 1.96. The molecule has 2 aromatic rings. The molecule has 1 saturated heterocycles. The lowest BCUT2D eigenvalue weighted by Crippen LogP contribution is -2.60. The molecular weight excluding hydrogens is 356 g/mol. The number of phenols is 1. The molecule has 0 saturated carbocycles. The van der Waals surface area contributed by atoms with Gasteiger partial charge in [-0.3, -0.25) is 0 Å². The highest BCUT2D eigenvalue weighted by Gasteiger charge is 2.44. The van der Waals surface area contributed by atoms with Gasteiger partial charge in [0.05, 0.1) is 6.61 Å². The van der Waals surface area contributed by atoms with Gasteiger partial charge in [-0.15, -0.1) is 0 Å². The lowest BCUT2D eigenvalue weighted by atomic mass is 9.99. The maximum Gasteiger partial charge on any atom is 0.382 e. The predicted octanol–water partition coefficient (Wildman–Crippen LogP) is -1.91. The van der Waals surface area contributed by atoms with Gasteiger partial charge in [-0.2, -0.15) is 0 Å². The summed E-state index contributed by atoms with van der Waals surface area (Å²) >= 11 is 0. The van der Waals surface area contributed by atoms with Crippen LogP contribution in [0, 0.1) is 0 Å². The maximum absolute atomic E-state index is 11.4. The van der Waals surface area contributed by atoms with Crippen molar-refractivity contribution < 1.29 is 49.6 Å². The lowest BCUT2D eigenvalue weighted by molar-refractivity contribution is -0.277. The summed E-state index contributed by atoms with van der Waals surface area (Å²) in [6.45, 7) is -0.657. The molecule has 0 aliphatic carbocycles. The summed E-state index contributed by atoms with van der Waals surface area (Å²) in [6, 6.07) is 2.04. The van der Waals surface area contributed by atoms with Crippen LogP contribution in [0.4, 0.5) is 0 Å². The number of aliphatic hydroxyl groups excluding tert-OH is 4. The van der Waals surface area contributed by atoms with Gasteiger partial charge in [0.25, 0.3) is 0 Å². The Kier molecular flexibility index (Phi) is 4.64. The predicted molar refractivity (Wildman–Crippen MR) is 81.9 cm³/mol. The van der Waals surface area contributed by atoms with E-state index >= 15 is 0 Å². The third-order valence-electron chi connectivity index (χ3n) is 4.01. The molecule has 0 amide bonds. The van der Waals surface area contributed by atoms with E-state index in [0.29, 0.717) is 0 Å². The fourth-order valence-electron chi connectivity index (χ4n) is 2.62. The first kappa shape index (κ1) is 18.2. The van der Waals surface area contributed by atoms with Gasteiger partial charge >= 0.3 is 5.63 Å². The Bertz CT molecular complexity index is 874. The highest BCUT2D eigenvalue weighted by molar-refractivity contribution is 5.91. The topological polar surface area (TPSA) is 190 Å². The first-order chi connectivity index (χ1) is 12.2. The molecule has 2 heterocycles. The van der Waals surface area contributed by atoms with Crippen molar-refractivity contribution in [2.24, 2.45) is 0 Å². The third kappa shape index (κ3) is 2.91. The Morgan fingerprint density at radius 3 is 2.35 bits per heavy atom. The van der Waals surface area contributed by atoms with Crippen molar-refractivity contribution in [2.75, 3.05) is 6.61 Å². The summed E-state index contributed by atoms with van der Waals surface area (Å²) in [5.74, 6) is -2.75. The molecule has 1 fully saturated rings. The van der Waals surface area contributed by atoms with E-state index in [0.717, 1.165) is 12.1 Å². The number of fused-ring (bicyclic) bond motifs is 1. The minimum atomic E-state index is -1.69. The first-order valence-electron chi connectivity index (χ1n) is 7.43. The van der Waals surface area contributed by atoms with Crippen molar-refractivity contribution in [3.8, 4) is 23.0 Å². The minimum Gasteiger partial charge on any atom is -0.507 e. The third-order valence-corrected chi connectivity index (χ3v) is 4.01. The number of aromatic hydroxyl groups is 3. The largest absolute Gasteiger partial charge is 0.507 e. The molecule has 142 valence electrons. The Morgan fingerprint density at radius 1 is 1.00 bits per heavy atom. The fourth-order valence-corrected chi connectivity index (χ4v) is 2.62. The second-order valence-electron chi connectivity index (χ2n) is 5.72. The lowest BCUT2D eigenvalue weighted by Gasteiger charge is -2.39. The van der Waals surface area contributed by atoms with Crippen LogP contribution >= 0.6 is 0 Å². The number of hydrogen-bond acceptors (Lipinski definition) is 11. The SMILES string of the molecule is O=c1oc2cc(OC3OC(CO)C(O)C(O)C3O)cc(O)c2c(O)c1O.